The number of hydrogen-bond acceptors (Lipinski definition) is 11. The lowest BCUT2D eigenvalue weighted by atomic mass is 9.98. The average molecular weight is 1110 g/mol. The highest BCUT2D eigenvalue weighted by Crippen LogP contribution is 2.26. The largest absolute Gasteiger partial charge is 0.479 e. The Labute approximate surface area is 480 Å². The highest BCUT2D eigenvalue weighted by atomic mass is 16.7. The van der Waals surface area contributed by atoms with Gasteiger partial charge in [0.25, 0.3) is 0 Å². The zero-order chi connectivity index (χ0) is 57.5. The van der Waals surface area contributed by atoms with Gasteiger partial charge in [-0.1, -0.05) is 221 Å². The van der Waals surface area contributed by atoms with Crippen LogP contribution in [0.25, 0.3) is 0 Å². The highest BCUT2D eigenvalue weighted by Gasteiger charge is 2.50. The number of carboxylic acid groups (broad SMARTS) is 1. The second-order valence-electron chi connectivity index (χ2n) is 21.3. The molecular formula is C67H112O12. The molecule has 452 valence electrons. The van der Waals surface area contributed by atoms with Crippen molar-refractivity contribution in [3.63, 3.8) is 0 Å². The van der Waals surface area contributed by atoms with E-state index in [1.807, 2.05) is 0 Å². The average Bonchev–Trinajstić information content (AvgIpc) is 3.46. The van der Waals surface area contributed by atoms with Gasteiger partial charge in [0.1, 0.15) is 18.8 Å². The fraction of sp³-hybridized carbons (Fsp3) is 0.731. The Morgan fingerprint density at radius 3 is 1.23 bits per heavy atom. The zero-order valence-electron chi connectivity index (χ0n) is 49.8. The van der Waals surface area contributed by atoms with Crippen LogP contribution < -0.4 is 0 Å². The highest BCUT2D eigenvalue weighted by molar-refractivity contribution is 5.74. The predicted molar refractivity (Wildman–Crippen MR) is 321 cm³/mol. The van der Waals surface area contributed by atoms with E-state index in [-0.39, 0.29) is 25.9 Å². The molecule has 1 saturated heterocycles. The third-order valence-corrected chi connectivity index (χ3v) is 13.9. The summed E-state index contributed by atoms with van der Waals surface area (Å²) in [6, 6.07) is 0. The molecule has 0 aliphatic carbocycles. The number of carboxylic acids is 1. The standard InChI is InChI=1S/C67H112O12/c1-4-7-10-13-16-19-22-25-28-29-30-31-34-35-38-41-44-47-50-53-59(68)75-56-58(77-60(69)54-51-48-45-42-39-36-32-26-23-20-17-14-11-8-5-2)57-76-67-65(63(72)62(71)64(79-67)66(73)74)78-61(70)55-52-49-46-43-40-37-33-27-24-21-18-15-12-9-6-3/h8-9,11-12,17-18,20-21,25-28,32-33,58,62-65,67,71-72H,4-7,10,13-16,19,22-24,29-31,34-57H2,1-3H3,(H,73,74)/b11-8-,12-9-,20-17-,21-18-,28-25-,32-26-,33-27-. The molecule has 0 spiro atoms. The monoisotopic (exact) mass is 1110 g/mol. The Morgan fingerprint density at radius 2 is 0.797 bits per heavy atom. The Balaban J connectivity index is 2.68. The first-order chi connectivity index (χ1) is 38.6. The van der Waals surface area contributed by atoms with E-state index < -0.39 is 67.3 Å². The summed E-state index contributed by atoms with van der Waals surface area (Å²) in [4.78, 5) is 51.3. The number of carbonyl (C=O) groups is 4. The third-order valence-electron chi connectivity index (χ3n) is 13.9. The minimum atomic E-state index is -1.92. The Morgan fingerprint density at radius 1 is 0.430 bits per heavy atom. The molecule has 12 heteroatoms. The van der Waals surface area contributed by atoms with E-state index in [1.54, 1.807) is 0 Å². The van der Waals surface area contributed by atoms with Crippen molar-refractivity contribution in [3.8, 4) is 0 Å². The van der Waals surface area contributed by atoms with Gasteiger partial charge in [0, 0.05) is 19.3 Å². The van der Waals surface area contributed by atoms with E-state index in [1.165, 1.54) is 83.5 Å². The molecule has 3 N–H and O–H groups in total. The van der Waals surface area contributed by atoms with Gasteiger partial charge in [0.05, 0.1) is 6.61 Å². The number of carbonyl (C=O) groups excluding carboxylic acids is 3. The molecule has 0 aromatic carbocycles. The number of esters is 3. The smallest absolute Gasteiger partial charge is 0.335 e. The van der Waals surface area contributed by atoms with Crippen molar-refractivity contribution in [1.29, 1.82) is 0 Å². The predicted octanol–water partition coefficient (Wildman–Crippen LogP) is 16.7. The molecule has 0 aromatic heterocycles. The van der Waals surface area contributed by atoms with E-state index in [0.717, 1.165) is 122 Å². The number of aliphatic hydroxyl groups is 2. The number of aliphatic carboxylic acids is 1. The van der Waals surface area contributed by atoms with Gasteiger partial charge in [0.15, 0.2) is 24.6 Å². The summed E-state index contributed by atoms with van der Waals surface area (Å²) >= 11 is 0. The number of allylic oxidation sites excluding steroid dienone is 14. The molecule has 1 fully saturated rings. The number of rotatable bonds is 53. The molecule has 0 aromatic rings. The zero-order valence-corrected chi connectivity index (χ0v) is 49.8. The quantitative estimate of drug-likeness (QED) is 0.0228. The minimum Gasteiger partial charge on any atom is -0.479 e. The first-order valence-corrected chi connectivity index (χ1v) is 31.6. The van der Waals surface area contributed by atoms with Gasteiger partial charge < -0.3 is 39.0 Å². The molecule has 6 atom stereocenters. The van der Waals surface area contributed by atoms with Crippen LogP contribution >= 0.6 is 0 Å². The molecule has 79 heavy (non-hydrogen) atoms. The van der Waals surface area contributed by atoms with Gasteiger partial charge >= 0.3 is 23.9 Å². The minimum absolute atomic E-state index is 0.0361. The summed E-state index contributed by atoms with van der Waals surface area (Å²) in [5.41, 5.74) is 0. The molecule has 1 aliphatic heterocycles. The van der Waals surface area contributed by atoms with E-state index >= 15 is 0 Å². The Bertz CT molecular complexity index is 1700. The molecule has 1 heterocycles. The summed E-state index contributed by atoms with van der Waals surface area (Å²) in [6.07, 6.45) is 58.3. The second-order valence-corrected chi connectivity index (χ2v) is 21.3. The number of ether oxygens (including phenoxy) is 5. The van der Waals surface area contributed by atoms with Crippen LogP contribution in [0.5, 0.6) is 0 Å². The van der Waals surface area contributed by atoms with Crippen molar-refractivity contribution in [2.24, 2.45) is 0 Å². The van der Waals surface area contributed by atoms with Gasteiger partial charge in [-0.2, -0.15) is 0 Å². The summed E-state index contributed by atoms with van der Waals surface area (Å²) in [5, 5.41) is 31.5. The molecule has 0 amide bonds. The maximum Gasteiger partial charge on any atom is 0.335 e. The number of aliphatic hydroxyl groups excluding tert-OH is 2. The number of hydrogen-bond donors (Lipinski definition) is 3. The molecule has 0 saturated carbocycles. The summed E-state index contributed by atoms with van der Waals surface area (Å²) < 4.78 is 28.5. The van der Waals surface area contributed by atoms with Crippen molar-refractivity contribution in [3.05, 3.63) is 85.1 Å². The molecule has 12 nitrogen and oxygen atoms in total. The topological polar surface area (TPSA) is 175 Å². The van der Waals surface area contributed by atoms with Gasteiger partial charge in [-0.05, 0) is 109 Å². The molecule has 0 radical (unpaired) electrons. The van der Waals surface area contributed by atoms with Crippen LogP contribution in [0.1, 0.15) is 265 Å². The Kier molecular flexibility index (Phi) is 50.3. The van der Waals surface area contributed by atoms with Crippen molar-refractivity contribution in [2.75, 3.05) is 13.2 Å². The summed E-state index contributed by atoms with van der Waals surface area (Å²) in [7, 11) is 0. The first kappa shape index (κ1) is 72.9. The van der Waals surface area contributed by atoms with Crippen LogP contribution in [-0.2, 0) is 42.9 Å². The van der Waals surface area contributed by atoms with Gasteiger partial charge in [0.2, 0.25) is 0 Å². The van der Waals surface area contributed by atoms with Crippen molar-refractivity contribution in [2.45, 2.75) is 302 Å². The summed E-state index contributed by atoms with van der Waals surface area (Å²) in [5.74, 6) is -3.16. The SMILES string of the molecule is CC/C=C\C/C=C\C/C=C\CCCCCCCC(=O)OC(COC(=O)CCCCCCCCCCC/C=C\CCCCCCCC)COC1OC(C(=O)O)C(O)C(O)C1OC(=O)CCCCCCC/C=C\C/C=C\C/C=C\CC. The van der Waals surface area contributed by atoms with E-state index in [0.29, 0.717) is 19.3 Å². The lowest BCUT2D eigenvalue weighted by Gasteiger charge is -2.40. The van der Waals surface area contributed by atoms with Crippen molar-refractivity contribution < 1.29 is 58.2 Å². The van der Waals surface area contributed by atoms with Gasteiger partial charge in [-0.15, -0.1) is 0 Å². The lowest BCUT2D eigenvalue weighted by Crippen LogP contribution is -2.61. The van der Waals surface area contributed by atoms with Crippen LogP contribution in [0.2, 0.25) is 0 Å². The molecule has 1 aliphatic rings. The molecular weight excluding hydrogens is 997 g/mol. The fourth-order valence-corrected chi connectivity index (χ4v) is 9.16. The normalized spacial score (nSPS) is 18.4. The number of unbranched alkanes of at least 4 members (excludes halogenated alkanes) is 25. The van der Waals surface area contributed by atoms with Crippen LogP contribution in [0.4, 0.5) is 0 Å². The van der Waals surface area contributed by atoms with E-state index in [9.17, 15) is 34.5 Å². The maximum absolute atomic E-state index is 13.2. The van der Waals surface area contributed by atoms with Crippen LogP contribution in [0.3, 0.4) is 0 Å². The van der Waals surface area contributed by atoms with E-state index in [4.69, 9.17) is 23.7 Å². The fourth-order valence-electron chi connectivity index (χ4n) is 9.16. The second kappa shape index (κ2) is 54.5. The third kappa shape index (κ3) is 44.3. The van der Waals surface area contributed by atoms with Crippen molar-refractivity contribution >= 4 is 23.9 Å². The van der Waals surface area contributed by atoms with Gasteiger partial charge in [-0.25, -0.2) is 4.79 Å². The van der Waals surface area contributed by atoms with Crippen LogP contribution in [0.15, 0.2) is 85.1 Å². The first-order valence-electron chi connectivity index (χ1n) is 31.6. The summed E-state index contributed by atoms with van der Waals surface area (Å²) in [6.45, 7) is 5.76. The lowest BCUT2D eigenvalue weighted by molar-refractivity contribution is -0.301. The Hall–Kier alpha value is -4.10. The van der Waals surface area contributed by atoms with E-state index in [2.05, 4.69) is 106 Å². The molecule has 1 rings (SSSR count). The van der Waals surface area contributed by atoms with Gasteiger partial charge in [-0.3, -0.25) is 14.4 Å². The maximum atomic E-state index is 13.2. The van der Waals surface area contributed by atoms with Crippen LogP contribution in [-0.4, -0.2) is 89.2 Å². The molecule has 0 bridgehead atoms. The van der Waals surface area contributed by atoms with Crippen molar-refractivity contribution in [1.82, 2.24) is 0 Å². The molecule has 6 unspecified atom stereocenters. The van der Waals surface area contributed by atoms with Crippen LogP contribution in [0, 0.1) is 0 Å².